The Morgan fingerprint density at radius 1 is 1.00 bits per heavy atom. The molecule has 0 saturated heterocycles. The van der Waals surface area contributed by atoms with Gasteiger partial charge in [0.25, 0.3) is 0 Å². The fraction of sp³-hybridized carbons (Fsp3) is 0.900. The molecule has 0 heterocycles. The van der Waals surface area contributed by atoms with Gasteiger partial charge in [-0.2, -0.15) is 0 Å². The predicted molar refractivity (Wildman–Crippen MR) is 88.3 cm³/mol. The zero-order valence-corrected chi connectivity index (χ0v) is 14.4. The number of allylic oxidation sites excluding steroid dienone is 1. The van der Waals surface area contributed by atoms with Gasteiger partial charge in [0.15, 0.2) is 0 Å². The number of aliphatic hydroxyl groups excluding tert-OH is 2. The molecule has 124 valence electrons. The Labute approximate surface area is 135 Å². The van der Waals surface area contributed by atoms with Gasteiger partial charge < -0.3 is 10.2 Å². The van der Waals surface area contributed by atoms with Crippen LogP contribution in [-0.4, -0.2) is 22.4 Å². The van der Waals surface area contributed by atoms with Crippen LogP contribution >= 0.6 is 0 Å². The van der Waals surface area contributed by atoms with Crippen molar-refractivity contribution >= 4 is 0 Å². The van der Waals surface area contributed by atoms with E-state index in [1.165, 1.54) is 24.8 Å². The maximum absolute atomic E-state index is 11.1. The molecule has 22 heavy (non-hydrogen) atoms. The maximum atomic E-state index is 11.1. The molecule has 2 nitrogen and oxygen atoms in total. The molecule has 0 aliphatic heterocycles. The molecule has 4 saturated carbocycles. The molecule has 2 bridgehead atoms. The molecule has 0 aromatic rings. The number of hydrogen-bond donors (Lipinski definition) is 2. The van der Waals surface area contributed by atoms with Gasteiger partial charge in [0, 0.05) is 5.41 Å². The van der Waals surface area contributed by atoms with Gasteiger partial charge in [-0.3, -0.25) is 0 Å². The van der Waals surface area contributed by atoms with Gasteiger partial charge in [-0.05, 0) is 73.5 Å². The monoisotopic (exact) mass is 304 g/mol. The summed E-state index contributed by atoms with van der Waals surface area (Å²) in [5.74, 6) is 1.70. The lowest BCUT2D eigenvalue weighted by Gasteiger charge is -2.66. The van der Waals surface area contributed by atoms with E-state index >= 15 is 0 Å². The molecule has 0 aromatic heterocycles. The van der Waals surface area contributed by atoms with Crippen LogP contribution in [0.5, 0.6) is 0 Å². The summed E-state index contributed by atoms with van der Waals surface area (Å²) in [6, 6.07) is 0. The highest BCUT2D eigenvalue weighted by Crippen LogP contribution is 2.71. The first kappa shape index (κ1) is 15.2. The summed E-state index contributed by atoms with van der Waals surface area (Å²) in [5, 5.41) is 21.7. The molecule has 2 heteroatoms. The van der Waals surface area contributed by atoms with Crippen LogP contribution in [0.15, 0.2) is 12.2 Å². The van der Waals surface area contributed by atoms with Gasteiger partial charge in [-0.25, -0.2) is 0 Å². The molecule has 0 amide bonds. The van der Waals surface area contributed by atoms with E-state index in [-0.39, 0.29) is 28.5 Å². The van der Waals surface area contributed by atoms with Crippen molar-refractivity contribution in [1.82, 2.24) is 0 Å². The molecule has 7 atom stereocenters. The Hall–Kier alpha value is -0.340. The van der Waals surface area contributed by atoms with Crippen LogP contribution in [0.2, 0.25) is 0 Å². The summed E-state index contributed by atoms with van der Waals surface area (Å²) in [6.07, 6.45) is 7.23. The summed E-state index contributed by atoms with van der Waals surface area (Å²) < 4.78 is 0. The SMILES string of the molecule is C=C1CC23CC1CCC2C1(C)CCC(O)C(C)(C)C1CC3O. The predicted octanol–water partition coefficient (Wildman–Crippen LogP) is 3.92. The topological polar surface area (TPSA) is 40.5 Å². The maximum Gasteiger partial charge on any atom is 0.0605 e. The summed E-state index contributed by atoms with van der Waals surface area (Å²) in [7, 11) is 0. The second kappa shape index (κ2) is 4.39. The van der Waals surface area contributed by atoms with E-state index in [1.807, 2.05) is 0 Å². The van der Waals surface area contributed by atoms with Gasteiger partial charge in [-0.1, -0.05) is 32.9 Å². The number of fused-ring (bicyclic) bond motifs is 3. The van der Waals surface area contributed by atoms with Gasteiger partial charge in [0.2, 0.25) is 0 Å². The van der Waals surface area contributed by atoms with E-state index in [2.05, 4.69) is 27.4 Å². The Bertz CT molecular complexity index is 510. The molecular weight excluding hydrogens is 272 g/mol. The fourth-order valence-corrected chi connectivity index (χ4v) is 7.47. The van der Waals surface area contributed by atoms with Gasteiger partial charge in [0.1, 0.15) is 0 Å². The van der Waals surface area contributed by atoms with Crippen LogP contribution in [-0.2, 0) is 0 Å². The van der Waals surface area contributed by atoms with E-state index in [0.29, 0.717) is 17.8 Å². The van der Waals surface area contributed by atoms with Crippen molar-refractivity contribution in [3.8, 4) is 0 Å². The van der Waals surface area contributed by atoms with Crippen molar-refractivity contribution in [1.29, 1.82) is 0 Å². The molecule has 0 aromatic carbocycles. The molecule has 4 aliphatic rings. The average Bonchev–Trinajstić information content (AvgIpc) is 2.70. The average molecular weight is 304 g/mol. The third-order valence-electron chi connectivity index (χ3n) is 8.69. The minimum absolute atomic E-state index is 0.0813. The highest BCUT2D eigenvalue weighted by Gasteiger charge is 2.67. The highest BCUT2D eigenvalue weighted by atomic mass is 16.3. The van der Waals surface area contributed by atoms with Crippen LogP contribution in [0.4, 0.5) is 0 Å². The van der Waals surface area contributed by atoms with Crippen molar-refractivity contribution in [2.24, 2.45) is 34.0 Å². The van der Waals surface area contributed by atoms with Gasteiger partial charge in [0.05, 0.1) is 12.2 Å². The standard InChI is InChI=1S/C20H32O2/c1-12-10-20-11-13(12)5-6-14(20)19(4)8-7-16(21)18(2,3)15(19)9-17(20)22/h13-17,21-22H,1,5-11H2,2-4H3. The van der Waals surface area contributed by atoms with Crippen LogP contribution in [0, 0.1) is 34.0 Å². The minimum atomic E-state index is -0.221. The first-order chi connectivity index (χ1) is 10.2. The van der Waals surface area contributed by atoms with E-state index in [9.17, 15) is 10.2 Å². The first-order valence-electron chi connectivity index (χ1n) is 9.25. The molecule has 4 rings (SSSR count). The zero-order valence-electron chi connectivity index (χ0n) is 14.4. The molecule has 7 unspecified atom stereocenters. The molecular formula is C20H32O2. The van der Waals surface area contributed by atoms with Gasteiger partial charge >= 0.3 is 0 Å². The quantitative estimate of drug-likeness (QED) is 0.666. The Balaban J connectivity index is 1.78. The van der Waals surface area contributed by atoms with Crippen molar-refractivity contribution in [3.63, 3.8) is 0 Å². The molecule has 4 fully saturated rings. The van der Waals surface area contributed by atoms with Crippen molar-refractivity contribution in [2.45, 2.75) is 77.9 Å². The third-order valence-corrected chi connectivity index (χ3v) is 8.69. The third kappa shape index (κ3) is 1.64. The van der Waals surface area contributed by atoms with Gasteiger partial charge in [-0.15, -0.1) is 0 Å². The van der Waals surface area contributed by atoms with Crippen LogP contribution in [0.1, 0.15) is 65.7 Å². The normalized spacial score (nSPS) is 56.4. The lowest BCUT2D eigenvalue weighted by molar-refractivity contribution is -0.218. The van der Waals surface area contributed by atoms with Crippen LogP contribution < -0.4 is 0 Å². The second-order valence-electron chi connectivity index (χ2n) is 9.78. The number of aliphatic hydroxyl groups is 2. The number of hydrogen-bond acceptors (Lipinski definition) is 2. The van der Waals surface area contributed by atoms with E-state index < -0.39 is 0 Å². The largest absolute Gasteiger partial charge is 0.393 e. The lowest BCUT2D eigenvalue weighted by atomic mass is 9.40. The Morgan fingerprint density at radius 3 is 2.45 bits per heavy atom. The van der Waals surface area contributed by atoms with Crippen molar-refractivity contribution in [2.75, 3.05) is 0 Å². The van der Waals surface area contributed by atoms with Crippen LogP contribution in [0.3, 0.4) is 0 Å². The molecule has 4 aliphatic carbocycles. The lowest BCUT2D eigenvalue weighted by Crippen LogP contribution is -2.63. The number of rotatable bonds is 0. The Kier molecular flexibility index (Phi) is 3.03. The fourth-order valence-electron chi connectivity index (χ4n) is 7.47. The highest BCUT2D eigenvalue weighted by molar-refractivity contribution is 5.24. The molecule has 2 N–H and O–H groups in total. The van der Waals surface area contributed by atoms with Crippen molar-refractivity contribution < 1.29 is 10.2 Å². The summed E-state index contributed by atoms with van der Waals surface area (Å²) in [4.78, 5) is 0. The Morgan fingerprint density at radius 2 is 1.73 bits per heavy atom. The summed E-state index contributed by atoms with van der Waals surface area (Å²) >= 11 is 0. The zero-order chi connectivity index (χ0) is 15.9. The van der Waals surface area contributed by atoms with E-state index in [1.54, 1.807) is 0 Å². The van der Waals surface area contributed by atoms with Crippen molar-refractivity contribution in [3.05, 3.63) is 12.2 Å². The molecule has 0 radical (unpaired) electrons. The smallest absolute Gasteiger partial charge is 0.0605 e. The van der Waals surface area contributed by atoms with Crippen LogP contribution in [0.25, 0.3) is 0 Å². The minimum Gasteiger partial charge on any atom is -0.393 e. The first-order valence-corrected chi connectivity index (χ1v) is 9.25. The second-order valence-corrected chi connectivity index (χ2v) is 9.78. The summed E-state index contributed by atoms with van der Waals surface area (Å²) in [6.45, 7) is 11.3. The van der Waals surface area contributed by atoms with E-state index in [0.717, 1.165) is 25.7 Å². The van der Waals surface area contributed by atoms with E-state index in [4.69, 9.17) is 0 Å². The molecule has 1 spiro atoms. The summed E-state index contributed by atoms with van der Waals surface area (Å²) in [5.41, 5.74) is 1.70.